The van der Waals surface area contributed by atoms with Gasteiger partial charge in [-0.3, -0.25) is 4.79 Å². The molecule has 0 spiro atoms. The number of ether oxygens (including phenoxy) is 2. The maximum atomic E-state index is 12.5. The number of benzene rings is 1. The van der Waals surface area contributed by atoms with E-state index < -0.39 is 0 Å². The molecule has 0 bridgehead atoms. The molecule has 2 fully saturated rings. The first-order valence-electron chi connectivity index (χ1n) is 10.5. The van der Waals surface area contributed by atoms with Crippen LogP contribution < -0.4 is 15.4 Å². The number of amides is 1. The van der Waals surface area contributed by atoms with Gasteiger partial charge >= 0.3 is 0 Å². The van der Waals surface area contributed by atoms with Crippen molar-refractivity contribution in [2.45, 2.75) is 50.9 Å². The molecule has 1 amide bonds. The number of nitrogens with one attached hydrogen (secondary N) is 2. The number of rotatable bonds is 8. The largest absolute Gasteiger partial charge is 0.494 e. The summed E-state index contributed by atoms with van der Waals surface area (Å²) < 4.78 is 11.2. The summed E-state index contributed by atoms with van der Waals surface area (Å²) in [6.45, 7) is 7.03. The third-order valence-electron chi connectivity index (χ3n) is 6.09. The molecule has 0 aromatic heterocycles. The van der Waals surface area contributed by atoms with Crippen molar-refractivity contribution < 1.29 is 14.3 Å². The van der Waals surface area contributed by atoms with E-state index in [0.29, 0.717) is 25.5 Å². The summed E-state index contributed by atoms with van der Waals surface area (Å²) in [5.41, 5.74) is 1.24. The summed E-state index contributed by atoms with van der Waals surface area (Å²) >= 11 is 0. The van der Waals surface area contributed by atoms with Gasteiger partial charge in [-0.1, -0.05) is 12.1 Å². The van der Waals surface area contributed by atoms with Crippen LogP contribution in [0.15, 0.2) is 24.3 Å². The molecule has 2 aliphatic rings. The van der Waals surface area contributed by atoms with E-state index >= 15 is 0 Å². The van der Waals surface area contributed by atoms with Crippen LogP contribution in [0.4, 0.5) is 0 Å². The normalized spacial score (nSPS) is 19.5. The first-order chi connectivity index (χ1) is 13.2. The van der Waals surface area contributed by atoms with Gasteiger partial charge in [0.25, 0.3) is 0 Å². The molecule has 158 valence electrons. The average molecular weight is 411 g/mol. The van der Waals surface area contributed by atoms with E-state index in [0.717, 1.165) is 51.3 Å². The van der Waals surface area contributed by atoms with Crippen LogP contribution >= 0.6 is 12.4 Å². The number of halogens is 1. The Morgan fingerprint density at radius 2 is 1.89 bits per heavy atom. The fourth-order valence-corrected chi connectivity index (χ4v) is 4.26. The van der Waals surface area contributed by atoms with Gasteiger partial charge in [0, 0.05) is 31.6 Å². The molecule has 2 aliphatic heterocycles. The zero-order chi connectivity index (χ0) is 19.0. The van der Waals surface area contributed by atoms with Crippen molar-refractivity contribution in [3.63, 3.8) is 0 Å². The van der Waals surface area contributed by atoms with E-state index in [1.54, 1.807) is 0 Å². The molecule has 5 nitrogen and oxygen atoms in total. The Bertz CT molecular complexity index is 582. The molecule has 0 saturated carbocycles. The molecule has 0 aliphatic carbocycles. The summed E-state index contributed by atoms with van der Waals surface area (Å²) in [5, 5.41) is 6.61. The first-order valence-corrected chi connectivity index (χ1v) is 10.5. The maximum absolute atomic E-state index is 12.5. The highest BCUT2D eigenvalue weighted by atomic mass is 35.5. The Balaban J connectivity index is 0.00000280. The number of hydrogen-bond acceptors (Lipinski definition) is 4. The third kappa shape index (κ3) is 6.36. The van der Waals surface area contributed by atoms with Crippen molar-refractivity contribution in [1.82, 2.24) is 10.6 Å². The second-order valence-electron chi connectivity index (χ2n) is 7.86. The summed E-state index contributed by atoms with van der Waals surface area (Å²) in [6, 6.07) is 8.37. The van der Waals surface area contributed by atoms with Crippen LogP contribution in [0.3, 0.4) is 0 Å². The van der Waals surface area contributed by atoms with Gasteiger partial charge in [-0.05, 0) is 75.7 Å². The van der Waals surface area contributed by atoms with Crippen LogP contribution in [-0.4, -0.2) is 45.4 Å². The van der Waals surface area contributed by atoms with Crippen molar-refractivity contribution >= 4 is 18.3 Å². The van der Waals surface area contributed by atoms with Crippen LogP contribution in [0, 0.1) is 5.92 Å². The lowest BCUT2D eigenvalue weighted by molar-refractivity contribution is -0.122. The minimum Gasteiger partial charge on any atom is -0.494 e. The van der Waals surface area contributed by atoms with Crippen LogP contribution in [-0.2, 0) is 14.9 Å². The van der Waals surface area contributed by atoms with E-state index in [4.69, 9.17) is 9.47 Å². The number of carbonyl (C=O) groups is 1. The average Bonchev–Trinajstić information content (AvgIpc) is 2.73. The zero-order valence-electron chi connectivity index (χ0n) is 17.0. The van der Waals surface area contributed by atoms with Gasteiger partial charge in [-0.15, -0.1) is 12.4 Å². The Morgan fingerprint density at radius 1 is 1.21 bits per heavy atom. The summed E-state index contributed by atoms with van der Waals surface area (Å²) in [4.78, 5) is 12.5. The number of piperidine rings is 1. The van der Waals surface area contributed by atoms with E-state index in [1.807, 2.05) is 19.1 Å². The van der Waals surface area contributed by atoms with E-state index in [1.165, 1.54) is 18.4 Å². The molecule has 0 unspecified atom stereocenters. The summed E-state index contributed by atoms with van der Waals surface area (Å²) in [5.74, 6) is 1.78. The van der Waals surface area contributed by atoms with Crippen LogP contribution in [0.2, 0.25) is 0 Å². The molecule has 2 N–H and O–H groups in total. The molecule has 6 heteroatoms. The molecular formula is C22H35ClN2O3. The van der Waals surface area contributed by atoms with Gasteiger partial charge in [-0.2, -0.15) is 0 Å². The SMILES string of the molecule is CCOc1ccc(C2(CNC(=O)CCC3CCNCC3)CCOCC2)cc1.Cl. The first kappa shape index (κ1) is 23.0. The smallest absolute Gasteiger partial charge is 0.220 e. The Morgan fingerprint density at radius 3 is 2.54 bits per heavy atom. The van der Waals surface area contributed by atoms with Crippen molar-refractivity contribution in [3.05, 3.63) is 29.8 Å². The predicted molar refractivity (Wildman–Crippen MR) is 114 cm³/mol. The molecule has 0 radical (unpaired) electrons. The fraction of sp³-hybridized carbons (Fsp3) is 0.682. The highest BCUT2D eigenvalue weighted by Gasteiger charge is 2.34. The molecule has 0 atom stereocenters. The molecule has 1 aromatic rings. The quantitative estimate of drug-likeness (QED) is 0.689. The highest BCUT2D eigenvalue weighted by molar-refractivity contribution is 5.85. The van der Waals surface area contributed by atoms with Gasteiger partial charge in [0.1, 0.15) is 5.75 Å². The second kappa shape index (κ2) is 11.6. The minimum atomic E-state index is -0.0343. The molecule has 3 rings (SSSR count). The Kier molecular flexibility index (Phi) is 9.56. The van der Waals surface area contributed by atoms with Crippen molar-refractivity contribution in [3.8, 4) is 5.75 Å². The van der Waals surface area contributed by atoms with Gasteiger partial charge in [0.05, 0.1) is 6.61 Å². The predicted octanol–water partition coefficient (Wildman–Crippen LogP) is 3.45. The molecule has 1 aromatic carbocycles. The molecule has 28 heavy (non-hydrogen) atoms. The van der Waals surface area contributed by atoms with Crippen molar-refractivity contribution in [2.75, 3.05) is 39.5 Å². The number of carbonyl (C=O) groups excluding carboxylic acids is 1. The standard InChI is InChI=1S/C22H34N2O3.ClH/c1-2-27-20-6-4-19(5-7-20)22(11-15-26-16-12-22)17-24-21(25)8-3-18-9-13-23-14-10-18;/h4-7,18,23H,2-3,8-17H2,1H3,(H,24,25);1H. The van der Waals surface area contributed by atoms with Crippen LogP contribution in [0.5, 0.6) is 5.75 Å². The highest BCUT2D eigenvalue weighted by Crippen LogP contribution is 2.35. The lowest BCUT2D eigenvalue weighted by atomic mass is 9.74. The van der Waals surface area contributed by atoms with Gasteiger partial charge in [-0.25, -0.2) is 0 Å². The second-order valence-corrected chi connectivity index (χ2v) is 7.86. The maximum Gasteiger partial charge on any atom is 0.220 e. The summed E-state index contributed by atoms with van der Waals surface area (Å²) in [6.07, 6.45) is 5.92. The van der Waals surface area contributed by atoms with E-state index in [9.17, 15) is 4.79 Å². The lowest BCUT2D eigenvalue weighted by Gasteiger charge is -2.38. The van der Waals surface area contributed by atoms with Crippen LogP contribution in [0.1, 0.15) is 51.0 Å². The van der Waals surface area contributed by atoms with Crippen molar-refractivity contribution in [1.29, 1.82) is 0 Å². The minimum absolute atomic E-state index is 0. The summed E-state index contributed by atoms with van der Waals surface area (Å²) in [7, 11) is 0. The molecular weight excluding hydrogens is 376 g/mol. The Labute approximate surface area is 175 Å². The third-order valence-corrected chi connectivity index (χ3v) is 6.09. The van der Waals surface area contributed by atoms with Gasteiger partial charge in [0.15, 0.2) is 0 Å². The van der Waals surface area contributed by atoms with Crippen molar-refractivity contribution in [2.24, 2.45) is 5.92 Å². The van der Waals surface area contributed by atoms with E-state index in [-0.39, 0.29) is 23.7 Å². The Hall–Kier alpha value is -1.30. The molecule has 2 saturated heterocycles. The zero-order valence-corrected chi connectivity index (χ0v) is 17.8. The topological polar surface area (TPSA) is 59.6 Å². The number of hydrogen-bond donors (Lipinski definition) is 2. The molecule has 2 heterocycles. The van der Waals surface area contributed by atoms with Crippen LogP contribution in [0.25, 0.3) is 0 Å². The lowest BCUT2D eigenvalue weighted by Crippen LogP contribution is -2.44. The van der Waals surface area contributed by atoms with Gasteiger partial charge < -0.3 is 20.1 Å². The fourth-order valence-electron chi connectivity index (χ4n) is 4.26. The van der Waals surface area contributed by atoms with Gasteiger partial charge in [0.2, 0.25) is 5.91 Å². The van der Waals surface area contributed by atoms with E-state index in [2.05, 4.69) is 22.8 Å². The monoisotopic (exact) mass is 410 g/mol.